The van der Waals surface area contributed by atoms with Gasteiger partial charge in [-0.05, 0) is 75.2 Å². The number of aliphatic hydroxyl groups excluding tert-OH is 2. The molecule has 2 aromatic carbocycles. The van der Waals surface area contributed by atoms with E-state index in [9.17, 15) is 10.2 Å². The second-order valence-corrected chi connectivity index (χ2v) is 11.8. The smallest absolute Gasteiger partial charge is 0.0649 e. The zero-order valence-electron chi connectivity index (χ0n) is 21.1. The van der Waals surface area contributed by atoms with Gasteiger partial charge in [0.25, 0.3) is 0 Å². The molecular weight excluding hydrogens is 538 g/mol. The second kappa shape index (κ2) is 13.5. The van der Waals surface area contributed by atoms with E-state index in [2.05, 4.69) is 10.6 Å². The summed E-state index contributed by atoms with van der Waals surface area (Å²) in [4.78, 5) is 0. The van der Waals surface area contributed by atoms with Crippen molar-refractivity contribution in [2.24, 2.45) is 0 Å². The second-order valence-electron chi connectivity index (χ2n) is 10.2. The molecule has 2 fully saturated rings. The summed E-state index contributed by atoms with van der Waals surface area (Å²) < 4.78 is 0. The molecule has 0 amide bonds. The molecule has 36 heavy (non-hydrogen) atoms. The van der Waals surface area contributed by atoms with Crippen LogP contribution in [0.2, 0.25) is 20.1 Å². The van der Waals surface area contributed by atoms with Gasteiger partial charge >= 0.3 is 0 Å². The maximum absolute atomic E-state index is 10.4. The molecule has 200 valence electrons. The third-order valence-corrected chi connectivity index (χ3v) is 9.43. The molecular formula is C28H38Cl4N2O2. The summed E-state index contributed by atoms with van der Waals surface area (Å²) in [5.41, 5.74) is 1.69. The first-order valence-electron chi connectivity index (χ1n) is 12.8. The third kappa shape index (κ3) is 6.52. The molecule has 8 heteroatoms. The maximum atomic E-state index is 10.4. The van der Waals surface area contributed by atoms with Crippen molar-refractivity contribution in [3.05, 3.63) is 67.6 Å². The molecule has 0 spiro atoms. The van der Waals surface area contributed by atoms with E-state index in [4.69, 9.17) is 46.4 Å². The minimum atomic E-state index is -0.323. The highest BCUT2D eigenvalue weighted by atomic mass is 35.5. The number of nitrogens with one attached hydrogen (secondary N) is 2. The summed E-state index contributed by atoms with van der Waals surface area (Å²) in [5, 5.41) is 29.5. The molecule has 2 aliphatic carbocycles. The highest BCUT2D eigenvalue weighted by molar-refractivity contribution is 6.42. The van der Waals surface area contributed by atoms with Crippen molar-refractivity contribution < 1.29 is 10.2 Å². The van der Waals surface area contributed by atoms with Gasteiger partial charge in [-0.15, -0.1) is 0 Å². The average Bonchev–Trinajstić information content (AvgIpc) is 2.86. The van der Waals surface area contributed by atoms with Crippen LogP contribution in [0.15, 0.2) is 36.4 Å². The fraction of sp³-hybridized carbons (Fsp3) is 0.571. The first-order chi connectivity index (χ1) is 17.2. The van der Waals surface area contributed by atoms with Crippen LogP contribution in [0.3, 0.4) is 0 Å². The van der Waals surface area contributed by atoms with E-state index in [0.717, 1.165) is 75.6 Å². The molecule has 4 nitrogen and oxygen atoms in total. The van der Waals surface area contributed by atoms with Crippen LogP contribution in [0.5, 0.6) is 0 Å². The molecule has 0 radical (unpaired) electrons. The first-order valence-corrected chi connectivity index (χ1v) is 14.3. The molecule has 0 bridgehead atoms. The van der Waals surface area contributed by atoms with Gasteiger partial charge in [0.2, 0.25) is 0 Å². The lowest BCUT2D eigenvalue weighted by Crippen LogP contribution is -2.48. The highest BCUT2D eigenvalue weighted by Crippen LogP contribution is 2.42. The van der Waals surface area contributed by atoms with E-state index in [1.807, 2.05) is 50.5 Å². The zero-order valence-corrected chi connectivity index (χ0v) is 24.1. The number of rotatable bonds is 6. The van der Waals surface area contributed by atoms with E-state index in [-0.39, 0.29) is 23.0 Å². The molecule has 0 aliphatic heterocycles. The van der Waals surface area contributed by atoms with Crippen molar-refractivity contribution >= 4 is 46.4 Å². The van der Waals surface area contributed by atoms with Gasteiger partial charge in [-0.25, -0.2) is 0 Å². The fourth-order valence-corrected chi connectivity index (χ4v) is 6.57. The van der Waals surface area contributed by atoms with Gasteiger partial charge in [-0.2, -0.15) is 0 Å². The molecule has 4 rings (SSSR count). The summed E-state index contributed by atoms with van der Waals surface area (Å²) in [7, 11) is 3.83. The SMILES string of the molecule is CNC[C@@]1(c2ccc(Cl)c(Cl)c2)CCCC[C@@H]1O.CNC[C@]1(c2ccc(Cl)c(Cl)c2)CCCC[C@H]1O. The van der Waals surface area contributed by atoms with Crippen LogP contribution < -0.4 is 10.6 Å². The lowest BCUT2D eigenvalue weighted by molar-refractivity contribution is 0.0423. The van der Waals surface area contributed by atoms with Crippen molar-refractivity contribution in [2.45, 2.75) is 74.4 Å². The van der Waals surface area contributed by atoms with E-state index < -0.39 is 0 Å². The predicted molar refractivity (Wildman–Crippen MR) is 153 cm³/mol. The molecule has 0 aromatic heterocycles. The summed E-state index contributed by atoms with van der Waals surface area (Å²) >= 11 is 24.2. The molecule has 4 N–H and O–H groups in total. The quantitative estimate of drug-likeness (QED) is 0.307. The Kier molecular flexibility index (Phi) is 11.2. The van der Waals surface area contributed by atoms with Crippen LogP contribution in [0.25, 0.3) is 0 Å². The van der Waals surface area contributed by atoms with Gasteiger partial charge in [-0.3, -0.25) is 0 Å². The number of hydrogen-bond acceptors (Lipinski definition) is 4. The molecule has 4 atom stereocenters. The predicted octanol–water partition coefficient (Wildman–Crippen LogP) is 6.77. The minimum absolute atomic E-state index is 0.235. The lowest BCUT2D eigenvalue weighted by Gasteiger charge is -2.42. The Morgan fingerprint density at radius 3 is 1.36 bits per heavy atom. The summed E-state index contributed by atoms with van der Waals surface area (Å²) in [6.45, 7) is 1.51. The molecule has 2 aromatic rings. The third-order valence-electron chi connectivity index (χ3n) is 7.95. The Morgan fingerprint density at radius 2 is 1.06 bits per heavy atom. The van der Waals surface area contributed by atoms with E-state index >= 15 is 0 Å². The molecule has 2 aliphatic rings. The molecule has 0 heterocycles. The lowest BCUT2D eigenvalue weighted by atomic mass is 9.67. The number of aliphatic hydroxyl groups is 2. The Balaban J connectivity index is 0.000000201. The average molecular weight is 576 g/mol. The van der Waals surface area contributed by atoms with Crippen LogP contribution in [0, 0.1) is 0 Å². The summed E-state index contributed by atoms with van der Waals surface area (Å²) in [5.74, 6) is 0. The van der Waals surface area contributed by atoms with Gasteiger partial charge < -0.3 is 20.8 Å². The van der Waals surface area contributed by atoms with E-state index in [1.165, 1.54) is 0 Å². The largest absolute Gasteiger partial charge is 0.392 e. The van der Waals surface area contributed by atoms with Crippen LogP contribution in [0.4, 0.5) is 0 Å². The zero-order chi connectivity index (χ0) is 26.3. The maximum Gasteiger partial charge on any atom is 0.0649 e. The van der Waals surface area contributed by atoms with Gasteiger partial charge in [0.05, 0.1) is 32.3 Å². The van der Waals surface area contributed by atoms with Gasteiger partial charge in [0.15, 0.2) is 0 Å². The van der Waals surface area contributed by atoms with Crippen molar-refractivity contribution in [1.82, 2.24) is 10.6 Å². The van der Waals surface area contributed by atoms with Crippen LogP contribution in [-0.2, 0) is 10.8 Å². The van der Waals surface area contributed by atoms with Crippen molar-refractivity contribution in [3.8, 4) is 0 Å². The summed E-state index contributed by atoms with van der Waals surface area (Å²) in [6, 6.07) is 11.4. The van der Waals surface area contributed by atoms with Crippen molar-refractivity contribution in [3.63, 3.8) is 0 Å². The summed E-state index contributed by atoms with van der Waals surface area (Å²) in [6.07, 6.45) is 7.47. The van der Waals surface area contributed by atoms with Gasteiger partial charge in [-0.1, -0.05) is 84.2 Å². The normalized spacial score (nSPS) is 28.3. The Bertz CT molecular complexity index is 920. The van der Waals surface area contributed by atoms with Crippen molar-refractivity contribution in [1.29, 1.82) is 0 Å². The Labute approximate surface area is 235 Å². The minimum Gasteiger partial charge on any atom is -0.392 e. The molecule has 2 saturated carbocycles. The molecule has 0 unspecified atom stereocenters. The molecule has 0 saturated heterocycles. The monoisotopic (exact) mass is 574 g/mol. The van der Waals surface area contributed by atoms with Gasteiger partial charge in [0.1, 0.15) is 0 Å². The fourth-order valence-electron chi connectivity index (χ4n) is 5.97. The van der Waals surface area contributed by atoms with Crippen LogP contribution in [0.1, 0.15) is 62.5 Å². The van der Waals surface area contributed by atoms with Crippen LogP contribution >= 0.6 is 46.4 Å². The van der Waals surface area contributed by atoms with E-state index in [0.29, 0.717) is 20.1 Å². The topological polar surface area (TPSA) is 64.5 Å². The Morgan fingerprint density at radius 1 is 0.667 bits per heavy atom. The number of hydrogen-bond donors (Lipinski definition) is 4. The van der Waals surface area contributed by atoms with Crippen LogP contribution in [-0.4, -0.2) is 49.6 Å². The number of halogens is 4. The van der Waals surface area contributed by atoms with E-state index in [1.54, 1.807) is 0 Å². The Hall–Kier alpha value is -0.560. The number of likely N-dealkylation sites (N-methyl/N-ethyl adjacent to an activating group) is 2. The standard InChI is InChI=1S/2C14H19Cl2NO/c2*1-17-9-14(7-3-2-4-13(14)18)10-5-6-11(15)12(16)8-10/h2*5-6,8,13,17-18H,2-4,7,9H2,1H3/t2*13-,14+/m10/s1. The van der Waals surface area contributed by atoms with Gasteiger partial charge in [0, 0.05) is 23.9 Å². The van der Waals surface area contributed by atoms with Crippen molar-refractivity contribution in [2.75, 3.05) is 27.2 Å². The number of benzene rings is 2. The first kappa shape index (κ1) is 30.0. The highest BCUT2D eigenvalue weighted by Gasteiger charge is 2.42.